The number of amides is 1. The van der Waals surface area contributed by atoms with Crippen LogP contribution in [0, 0.1) is 18.8 Å². The minimum atomic E-state index is 0.0573. The molecule has 4 heterocycles. The van der Waals surface area contributed by atoms with Crippen LogP contribution >= 0.6 is 11.6 Å². The summed E-state index contributed by atoms with van der Waals surface area (Å²) in [4.78, 5) is 19.9. The maximum absolute atomic E-state index is 13.3. The van der Waals surface area contributed by atoms with E-state index in [0.29, 0.717) is 22.6 Å². The number of benzene rings is 1. The number of likely N-dealkylation sites (tertiary alicyclic amines) is 1. The highest BCUT2D eigenvalue weighted by atomic mass is 35.5. The van der Waals surface area contributed by atoms with E-state index in [1.807, 2.05) is 35.2 Å². The Balaban J connectivity index is 1.30. The first-order valence-corrected chi connectivity index (χ1v) is 12.6. The van der Waals surface area contributed by atoms with Crippen molar-refractivity contribution >= 4 is 39.5 Å². The summed E-state index contributed by atoms with van der Waals surface area (Å²) < 4.78 is 8.69. The molecule has 34 heavy (non-hydrogen) atoms. The minimum absolute atomic E-state index is 0.0573. The normalized spacial score (nSPS) is 24.1. The molecule has 2 unspecified atom stereocenters. The second-order valence-corrected chi connectivity index (χ2v) is 10.7. The van der Waals surface area contributed by atoms with Gasteiger partial charge in [0.1, 0.15) is 16.4 Å². The minimum Gasteiger partial charge on any atom is -0.454 e. The van der Waals surface area contributed by atoms with Gasteiger partial charge in [-0.3, -0.25) is 4.79 Å². The van der Waals surface area contributed by atoms with E-state index in [-0.39, 0.29) is 18.0 Å². The number of hydrogen-bond donors (Lipinski definition) is 1. The first-order chi connectivity index (χ1) is 16.5. The molecule has 1 amide bonds. The maximum Gasteiger partial charge on any atom is 0.254 e. The summed E-state index contributed by atoms with van der Waals surface area (Å²) in [6.45, 7) is 3.76. The van der Waals surface area contributed by atoms with E-state index >= 15 is 0 Å². The molecule has 1 aromatic carbocycles. The molecule has 3 aliphatic rings. The highest BCUT2D eigenvalue weighted by Gasteiger charge is 2.46. The summed E-state index contributed by atoms with van der Waals surface area (Å²) in [7, 11) is 0. The average molecular weight is 475 g/mol. The fourth-order valence-corrected chi connectivity index (χ4v) is 6.23. The average Bonchev–Trinajstić information content (AvgIpc) is 3.26. The van der Waals surface area contributed by atoms with E-state index in [2.05, 4.69) is 22.5 Å². The zero-order valence-electron chi connectivity index (χ0n) is 19.1. The topological polar surface area (TPSA) is 77.3 Å². The lowest BCUT2D eigenvalue weighted by atomic mass is 10.1. The molecule has 4 aromatic rings. The third kappa shape index (κ3) is 3.05. The highest BCUT2D eigenvalue weighted by molar-refractivity contribution is 6.29. The number of aryl methyl sites for hydroxylation is 1. The van der Waals surface area contributed by atoms with Crippen LogP contribution < -0.4 is 5.73 Å². The predicted octanol–water partition coefficient (Wildman–Crippen LogP) is 5.38. The lowest BCUT2D eigenvalue weighted by Crippen LogP contribution is -2.41. The molecular formula is C27H27ClN4O2. The zero-order valence-corrected chi connectivity index (χ0v) is 19.9. The van der Waals surface area contributed by atoms with Crippen LogP contribution in [0.25, 0.3) is 33.5 Å². The summed E-state index contributed by atoms with van der Waals surface area (Å²) in [6.07, 6.45) is 4.62. The van der Waals surface area contributed by atoms with Gasteiger partial charge in [0.25, 0.3) is 5.91 Å². The van der Waals surface area contributed by atoms with Crippen LogP contribution in [0.3, 0.4) is 0 Å². The fraction of sp³-hybridized carbons (Fsp3) is 0.407. The number of aromatic nitrogens is 2. The fourth-order valence-electron chi connectivity index (χ4n) is 6.09. The molecule has 2 bridgehead atoms. The standard InChI is InChI=1S/C27H27ClN4O2/c1-14-19-7-4-17(27(33)32-13-18-5-8-20(32)24(18)29)11-22(19)34-25(14)21-10-16-6-9-23(28)30-26(16)31(21)12-15-2-3-15/h4,6-7,9-11,15,18,20,24H,2-3,5,8,12-13,29H2,1H3/t18?,20?,24-/m1/s1. The molecule has 3 fully saturated rings. The van der Waals surface area contributed by atoms with Crippen molar-refractivity contribution in [3.05, 3.63) is 52.7 Å². The lowest BCUT2D eigenvalue weighted by molar-refractivity contribution is 0.0700. The first kappa shape index (κ1) is 20.5. The van der Waals surface area contributed by atoms with Crippen LogP contribution in [0.15, 0.2) is 40.8 Å². The summed E-state index contributed by atoms with van der Waals surface area (Å²) >= 11 is 6.24. The molecule has 2 N–H and O–H groups in total. The monoisotopic (exact) mass is 474 g/mol. The Bertz CT molecular complexity index is 1470. The van der Waals surface area contributed by atoms with Crippen molar-refractivity contribution in [2.45, 2.75) is 51.2 Å². The van der Waals surface area contributed by atoms with Gasteiger partial charge >= 0.3 is 0 Å². The summed E-state index contributed by atoms with van der Waals surface area (Å²) in [5.41, 5.74) is 10.7. The Morgan fingerprint density at radius 1 is 1.18 bits per heavy atom. The molecule has 2 aliphatic carbocycles. The maximum atomic E-state index is 13.3. The van der Waals surface area contributed by atoms with Crippen molar-refractivity contribution < 1.29 is 9.21 Å². The molecule has 3 atom stereocenters. The molecule has 0 radical (unpaired) electrons. The number of piperidine rings is 1. The molecule has 2 saturated carbocycles. The van der Waals surface area contributed by atoms with Crippen LogP contribution in [-0.4, -0.2) is 39.0 Å². The van der Waals surface area contributed by atoms with E-state index in [1.165, 1.54) is 12.8 Å². The van der Waals surface area contributed by atoms with Crippen LogP contribution in [0.1, 0.15) is 41.6 Å². The Hall–Kier alpha value is -2.83. The molecule has 174 valence electrons. The number of fused-ring (bicyclic) bond motifs is 4. The van der Waals surface area contributed by atoms with Crippen LogP contribution in [-0.2, 0) is 6.54 Å². The van der Waals surface area contributed by atoms with Crippen molar-refractivity contribution in [3.8, 4) is 11.5 Å². The third-order valence-electron chi connectivity index (χ3n) is 8.18. The van der Waals surface area contributed by atoms with Gasteiger partial charge in [-0.15, -0.1) is 0 Å². The number of halogens is 1. The number of hydrogen-bond acceptors (Lipinski definition) is 4. The lowest BCUT2D eigenvalue weighted by Gasteiger charge is -2.27. The Kier molecular flexibility index (Phi) is 4.43. The van der Waals surface area contributed by atoms with Crippen LogP contribution in [0.4, 0.5) is 0 Å². The number of carbonyl (C=O) groups is 1. The van der Waals surface area contributed by atoms with Gasteiger partial charge in [-0.05, 0) is 74.8 Å². The van der Waals surface area contributed by atoms with Gasteiger partial charge < -0.3 is 19.6 Å². The zero-order chi connectivity index (χ0) is 23.1. The summed E-state index contributed by atoms with van der Waals surface area (Å²) in [5, 5.41) is 2.57. The van der Waals surface area contributed by atoms with Gasteiger partial charge in [0.15, 0.2) is 5.76 Å². The Labute approximate surface area is 202 Å². The number of furan rings is 1. The summed E-state index contributed by atoms with van der Waals surface area (Å²) in [5.74, 6) is 2.00. The van der Waals surface area contributed by atoms with Crippen molar-refractivity contribution in [2.24, 2.45) is 17.6 Å². The second kappa shape index (κ2) is 7.33. The Morgan fingerprint density at radius 3 is 2.76 bits per heavy atom. The first-order valence-electron chi connectivity index (χ1n) is 12.2. The smallest absolute Gasteiger partial charge is 0.254 e. The van der Waals surface area contributed by atoms with E-state index in [0.717, 1.165) is 65.0 Å². The second-order valence-electron chi connectivity index (χ2n) is 10.3. The van der Waals surface area contributed by atoms with Gasteiger partial charge in [0, 0.05) is 47.1 Å². The van der Waals surface area contributed by atoms with Gasteiger partial charge in [-0.2, -0.15) is 0 Å². The summed E-state index contributed by atoms with van der Waals surface area (Å²) in [6, 6.07) is 12.1. The molecule has 6 nitrogen and oxygen atoms in total. The molecule has 7 rings (SSSR count). The number of pyridine rings is 1. The highest BCUT2D eigenvalue weighted by Crippen LogP contribution is 2.41. The molecular weight excluding hydrogens is 448 g/mol. The number of rotatable bonds is 4. The van der Waals surface area contributed by atoms with Gasteiger partial charge in [0.2, 0.25) is 0 Å². The van der Waals surface area contributed by atoms with Crippen LogP contribution in [0.2, 0.25) is 5.15 Å². The van der Waals surface area contributed by atoms with E-state index < -0.39 is 0 Å². The van der Waals surface area contributed by atoms with Crippen molar-refractivity contribution in [1.82, 2.24) is 14.5 Å². The van der Waals surface area contributed by atoms with Crippen molar-refractivity contribution in [1.29, 1.82) is 0 Å². The third-order valence-corrected chi connectivity index (χ3v) is 8.39. The predicted molar refractivity (Wildman–Crippen MR) is 133 cm³/mol. The SMILES string of the molecule is Cc1c(-c2cc3ccc(Cl)nc3n2CC2CC2)oc2cc(C(=O)N3CC4CCC3[C@@H]4N)ccc12. The number of nitrogens with two attached hydrogens (primary N) is 1. The molecule has 1 saturated heterocycles. The van der Waals surface area contributed by atoms with Crippen molar-refractivity contribution in [2.75, 3.05) is 6.54 Å². The Morgan fingerprint density at radius 2 is 2.03 bits per heavy atom. The molecule has 1 aliphatic heterocycles. The van der Waals surface area contributed by atoms with E-state index in [1.54, 1.807) is 0 Å². The quantitative estimate of drug-likeness (QED) is 0.402. The van der Waals surface area contributed by atoms with E-state index in [4.69, 9.17) is 21.8 Å². The van der Waals surface area contributed by atoms with E-state index in [9.17, 15) is 4.79 Å². The molecule has 0 spiro atoms. The largest absolute Gasteiger partial charge is 0.454 e. The number of nitrogens with zero attached hydrogens (tertiary/aromatic N) is 3. The van der Waals surface area contributed by atoms with Crippen LogP contribution in [0.5, 0.6) is 0 Å². The van der Waals surface area contributed by atoms with Gasteiger partial charge in [-0.25, -0.2) is 4.98 Å². The number of carbonyl (C=O) groups excluding carboxylic acids is 1. The van der Waals surface area contributed by atoms with Gasteiger partial charge in [-0.1, -0.05) is 17.7 Å². The van der Waals surface area contributed by atoms with Crippen molar-refractivity contribution in [3.63, 3.8) is 0 Å². The molecule has 3 aromatic heterocycles. The van der Waals surface area contributed by atoms with Gasteiger partial charge in [0.05, 0.1) is 5.69 Å². The molecule has 7 heteroatoms.